The van der Waals surface area contributed by atoms with E-state index in [2.05, 4.69) is 15.3 Å². The smallest absolute Gasteiger partial charge is 0.427 e. The van der Waals surface area contributed by atoms with Gasteiger partial charge in [-0.2, -0.15) is 13.5 Å². The summed E-state index contributed by atoms with van der Waals surface area (Å²) in [6, 6.07) is 8.93. The van der Waals surface area contributed by atoms with E-state index in [9.17, 15) is 23.3 Å². The van der Waals surface area contributed by atoms with E-state index in [-0.39, 0.29) is 11.5 Å². The van der Waals surface area contributed by atoms with Gasteiger partial charge in [0.2, 0.25) is 0 Å². The summed E-state index contributed by atoms with van der Waals surface area (Å²) in [4.78, 5) is 20.6. The Morgan fingerprint density at radius 3 is 2.54 bits per heavy atom. The number of nitro groups is 1. The van der Waals surface area contributed by atoms with Crippen LogP contribution in [0.4, 0.5) is 10.5 Å². The van der Waals surface area contributed by atoms with Crippen molar-refractivity contribution in [2.45, 2.75) is 4.90 Å². The highest BCUT2D eigenvalue weighted by atomic mass is 32.2. The van der Waals surface area contributed by atoms with Crippen molar-refractivity contribution >= 4 is 28.1 Å². The molecule has 12 heteroatoms. The van der Waals surface area contributed by atoms with Crippen molar-refractivity contribution in [3.8, 4) is 11.5 Å². The molecule has 28 heavy (non-hydrogen) atoms. The fourth-order valence-corrected chi connectivity index (χ4v) is 3.13. The summed E-state index contributed by atoms with van der Waals surface area (Å²) in [5, 5.41) is 14.7. The summed E-state index contributed by atoms with van der Waals surface area (Å²) in [6.07, 6.45) is 0.499. The van der Waals surface area contributed by atoms with Crippen molar-refractivity contribution in [2.75, 3.05) is 14.2 Å². The molecule has 0 aliphatic heterocycles. The number of benzene rings is 2. The number of nitro benzene ring substituents is 1. The zero-order chi connectivity index (χ0) is 20.7. The van der Waals surface area contributed by atoms with Crippen LogP contribution in [0.25, 0.3) is 0 Å². The topological polar surface area (TPSA) is 146 Å². The maximum absolute atomic E-state index is 12.5. The molecule has 0 aliphatic rings. The number of para-hydroxylation sites is 1. The molecule has 0 radical (unpaired) electrons. The quantitative estimate of drug-likeness (QED) is 0.316. The molecule has 0 aromatic heterocycles. The predicted molar refractivity (Wildman–Crippen MR) is 97.0 cm³/mol. The lowest BCUT2D eigenvalue weighted by Gasteiger charge is -2.11. The standard InChI is InChI=1S/C16H15N3O8S/c1-25-14-9-11(10-17-18-16(20)26-2)7-8-13(14)27-28(23,24)15-6-4-3-5-12(15)19(21)22/h3-10H,1-2H3,(H,18,20)/b17-10-. The Balaban J connectivity index is 2.31. The number of methoxy groups -OCH3 is 2. The highest BCUT2D eigenvalue weighted by Gasteiger charge is 2.28. The molecule has 148 valence electrons. The van der Waals surface area contributed by atoms with Gasteiger partial charge in [0.15, 0.2) is 16.4 Å². The number of carbonyl (C=O) groups is 1. The molecule has 0 fully saturated rings. The van der Waals surface area contributed by atoms with Crippen LogP contribution in [0.15, 0.2) is 52.5 Å². The Bertz CT molecular complexity index is 1020. The first-order chi connectivity index (χ1) is 13.3. The van der Waals surface area contributed by atoms with Gasteiger partial charge in [0.25, 0.3) is 5.69 Å². The second-order valence-electron chi connectivity index (χ2n) is 5.03. The number of ether oxygens (including phenoxy) is 2. The molecule has 0 heterocycles. The molecular formula is C16H15N3O8S. The van der Waals surface area contributed by atoms with Crippen molar-refractivity contribution in [3.63, 3.8) is 0 Å². The van der Waals surface area contributed by atoms with Crippen LogP contribution in [0.3, 0.4) is 0 Å². The SMILES string of the molecule is COC(=O)N/N=C\c1ccc(OS(=O)(=O)c2ccccc2[N+](=O)[O-])c(OC)c1. The summed E-state index contributed by atoms with van der Waals surface area (Å²) in [7, 11) is -2.03. The Kier molecular flexibility index (Phi) is 6.50. The van der Waals surface area contributed by atoms with Crippen LogP contribution < -0.4 is 14.3 Å². The molecule has 0 aliphatic carbocycles. The fourth-order valence-electron chi connectivity index (χ4n) is 2.02. The van der Waals surface area contributed by atoms with E-state index in [4.69, 9.17) is 8.92 Å². The van der Waals surface area contributed by atoms with E-state index in [1.807, 2.05) is 0 Å². The molecule has 0 unspecified atom stereocenters. The Morgan fingerprint density at radius 1 is 1.18 bits per heavy atom. The molecule has 1 amide bonds. The van der Waals surface area contributed by atoms with E-state index < -0.39 is 31.7 Å². The maximum Gasteiger partial charge on any atom is 0.427 e. The largest absolute Gasteiger partial charge is 0.493 e. The van der Waals surface area contributed by atoms with Crippen LogP contribution in [0.5, 0.6) is 11.5 Å². The highest BCUT2D eigenvalue weighted by molar-refractivity contribution is 7.87. The number of nitrogens with one attached hydrogen (secondary N) is 1. The summed E-state index contributed by atoms with van der Waals surface area (Å²) in [6.45, 7) is 0. The number of hydrogen-bond donors (Lipinski definition) is 1. The molecule has 2 aromatic rings. The minimum atomic E-state index is -4.49. The molecule has 1 N–H and O–H groups in total. The molecule has 2 rings (SSSR count). The Morgan fingerprint density at radius 2 is 1.89 bits per heavy atom. The van der Waals surface area contributed by atoms with Crippen LogP contribution >= 0.6 is 0 Å². The summed E-state index contributed by atoms with van der Waals surface area (Å²) < 4.78 is 39.5. The van der Waals surface area contributed by atoms with Gasteiger partial charge in [0.1, 0.15) is 0 Å². The molecule has 0 saturated heterocycles. The monoisotopic (exact) mass is 409 g/mol. The Hall–Kier alpha value is -3.67. The third kappa shape index (κ3) is 4.94. The fraction of sp³-hybridized carbons (Fsp3) is 0.125. The lowest BCUT2D eigenvalue weighted by atomic mass is 10.2. The second kappa shape index (κ2) is 8.81. The molecule has 11 nitrogen and oxygen atoms in total. The van der Waals surface area contributed by atoms with Crippen LogP contribution in [0.2, 0.25) is 0 Å². The zero-order valence-corrected chi connectivity index (χ0v) is 15.5. The maximum atomic E-state index is 12.5. The average molecular weight is 409 g/mol. The minimum absolute atomic E-state index is 0.0316. The number of nitrogens with zero attached hydrogens (tertiary/aromatic N) is 2. The van der Waals surface area contributed by atoms with E-state index in [0.29, 0.717) is 5.56 Å². The van der Waals surface area contributed by atoms with E-state index in [1.54, 1.807) is 0 Å². The van der Waals surface area contributed by atoms with Gasteiger partial charge in [-0.15, -0.1) is 0 Å². The van der Waals surface area contributed by atoms with E-state index in [1.165, 1.54) is 50.8 Å². The summed E-state index contributed by atoms with van der Waals surface area (Å²) in [5.41, 5.74) is 1.92. The number of hydrazone groups is 1. The third-order valence-electron chi connectivity index (χ3n) is 3.27. The Labute approximate surface area is 159 Å². The first kappa shape index (κ1) is 20.6. The van der Waals surface area contributed by atoms with Gasteiger partial charge >= 0.3 is 16.2 Å². The molecule has 0 atom stereocenters. The van der Waals surface area contributed by atoms with Gasteiger partial charge in [0, 0.05) is 6.07 Å². The van der Waals surface area contributed by atoms with Gasteiger partial charge < -0.3 is 13.7 Å². The normalized spacial score (nSPS) is 11.1. The molecule has 0 saturated carbocycles. The van der Waals surface area contributed by atoms with Gasteiger partial charge in [-0.25, -0.2) is 10.2 Å². The van der Waals surface area contributed by atoms with Crippen LogP contribution in [-0.2, 0) is 14.9 Å². The number of hydrogen-bond acceptors (Lipinski definition) is 9. The van der Waals surface area contributed by atoms with Gasteiger partial charge in [-0.1, -0.05) is 12.1 Å². The summed E-state index contributed by atoms with van der Waals surface area (Å²) >= 11 is 0. The molecule has 0 bridgehead atoms. The van der Waals surface area contributed by atoms with Crippen LogP contribution in [0.1, 0.15) is 5.56 Å². The summed E-state index contributed by atoms with van der Waals surface area (Å²) in [5.74, 6) is -0.150. The van der Waals surface area contributed by atoms with Crippen molar-refractivity contribution in [1.29, 1.82) is 0 Å². The van der Waals surface area contributed by atoms with Gasteiger partial charge in [-0.05, 0) is 29.8 Å². The minimum Gasteiger partial charge on any atom is -0.493 e. The third-order valence-corrected chi connectivity index (χ3v) is 4.56. The molecule has 2 aromatic carbocycles. The van der Waals surface area contributed by atoms with Crippen molar-refractivity contribution in [1.82, 2.24) is 5.43 Å². The number of amides is 1. The van der Waals surface area contributed by atoms with E-state index in [0.717, 1.165) is 12.1 Å². The highest BCUT2D eigenvalue weighted by Crippen LogP contribution is 2.32. The molecular weight excluding hydrogens is 394 g/mol. The van der Waals surface area contributed by atoms with Crippen LogP contribution in [-0.4, -0.2) is 39.9 Å². The average Bonchev–Trinajstić information content (AvgIpc) is 2.68. The lowest BCUT2D eigenvalue weighted by Crippen LogP contribution is -2.16. The molecule has 0 spiro atoms. The zero-order valence-electron chi connectivity index (χ0n) is 14.7. The van der Waals surface area contributed by atoms with Crippen molar-refractivity contribution in [2.24, 2.45) is 5.10 Å². The van der Waals surface area contributed by atoms with Gasteiger partial charge in [0.05, 0.1) is 25.4 Å². The van der Waals surface area contributed by atoms with E-state index >= 15 is 0 Å². The van der Waals surface area contributed by atoms with Gasteiger partial charge in [-0.3, -0.25) is 10.1 Å². The second-order valence-corrected chi connectivity index (χ2v) is 6.55. The predicted octanol–water partition coefficient (Wildman–Crippen LogP) is 2.06. The van der Waals surface area contributed by atoms with Crippen molar-refractivity contribution in [3.05, 3.63) is 58.1 Å². The number of carbonyl (C=O) groups excluding carboxylic acids is 1. The number of rotatable bonds is 7. The van der Waals surface area contributed by atoms with Crippen molar-refractivity contribution < 1.29 is 31.8 Å². The first-order valence-electron chi connectivity index (χ1n) is 7.51. The lowest BCUT2D eigenvalue weighted by molar-refractivity contribution is -0.387. The first-order valence-corrected chi connectivity index (χ1v) is 8.92. The van der Waals surface area contributed by atoms with Crippen LogP contribution in [0, 0.1) is 10.1 Å².